The van der Waals surface area contributed by atoms with E-state index < -0.39 is 23.0 Å². The van der Waals surface area contributed by atoms with Crippen molar-refractivity contribution in [1.82, 2.24) is 0 Å². The molecule has 0 radical (unpaired) electrons. The van der Waals surface area contributed by atoms with Crippen LogP contribution in [0.15, 0.2) is 12.1 Å². The van der Waals surface area contributed by atoms with Crippen molar-refractivity contribution in [3.63, 3.8) is 0 Å². The summed E-state index contributed by atoms with van der Waals surface area (Å²) in [5.41, 5.74) is 4.66. The lowest BCUT2D eigenvalue weighted by Gasteiger charge is -2.26. The molecule has 6 heteroatoms. The van der Waals surface area contributed by atoms with E-state index in [1.165, 1.54) is 0 Å². The highest BCUT2D eigenvalue weighted by atomic mass is 19.1. The summed E-state index contributed by atoms with van der Waals surface area (Å²) in [5.74, 6) is -1.92. The van der Waals surface area contributed by atoms with Gasteiger partial charge < -0.3 is 21.3 Å². The van der Waals surface area contributed by atoms with Gasteiger partial charge in [0.1, 0.15) is 5.82 Å². The summed E-state index contributed by atoms with van der Waals surface area (Å²) >= 11 is 0. The molecule has 0 aliphatic rings. The van der Waals surface area contributed by atoms with Gasteiger partial charge in [-0.2, -0.15) is 0 Å². The number of anilines is 2. The lowest BCUT2D eigenvalue weighted by molar-refractivity contribution is 0.0515. The molecule has 0 heterocycles. The van der Waals surface area contributed by atoms with Crippen LogP contribution in [-0.4, -0.2) is 28.3 Å². The molecule has 0 fully saturated rings. The molecule has 0 amide bonds. The van der Waals surface area contributed by atoms with Crippen molar-refractivity contribution >= 4 is 17.3 Å². The van der Waals surface area contributed by atoms with Gasteiger partial charge in [0.05, 0.1) is 22.5 Å². The van der Waals surface area contributed by atoms with Crippen molar-refractivity contribution in [3.8, 4) is 0 Å². The largest absolute Gasteiger partial charge is 0.478 e. The van der Waals surface area contributed by atoms with E-state index in [-0.39, 0.29) is 17.9 Å². The standard InChI is InChI=1S/C14H21FN2O3/c1-8(2)6-14(3,20)7-17-12-5-10(15)9(13(18)19)4-11(12)16/h4-5,8,17,20H,6-7,16H2,1-3H3,(H,18,19). The van der Waals surface area contributed by atoms with E-state index in [0.29, 0.717) is 12.3 Å². The minimum absolute atomic E-state index is 0.129. The molecule has 0 bridgehead atoms. The zero-order chi connectivity index (χ0) is 15.5. The molecule has 5 N–H and O–H groups in total. The van der Waals surface area contributed by atoms with Crippen molar-refractivity contribution in [2.24, 2.45) is 5.92 Å². The van der Waals surface area contributed by atoms with Crippen LogP contribution in [-0.2, 0) is 0 Å². The molecule has 1 aromatic carbocycles. The zero-order valence-corrected chi connectivity index (χ0v) is 11.9. The number of nitrogen functional groups attached to an aromatic ring is 1. The van der Waals surface area contributed by atoms with Gasteiger partial charge in [-0.3, -0.25) is 0 Å². The molecule has 1 unspecified atom stereocenters. The second-order valence-electron chi connectivity index (χ2n) is 5.67. The predicted octanol–water partition coefficient (Wildman–Crippen LogP) is 2.32. The van der Waals surface area contributed by atoms with E-state index in [0.717, 1.165) is 12.1 Å². The smallest absolute Gasteiger partial charge is 0.338 e. The fraction of sp³-hybridized carbons (Fsp3) is 0.500. The molecular formula is C14H21FN2O3. The third-order valence-electron chi connectivity index (χ3n) is 2.88. The molecule has 0 aliphatic carbocycles. The van der Waals surface area contributed by atoms with E-state index >= 15 is 0 Å². The Morgan fingerprint density at radius 2 is 2.10 bits per heavy atom. The summed E-state index contributed by atoms with van der Waals surface area (Å²) in [5, 5.41) is 21.8. The fourth-order valence-electron chi connectivity index (χ4n) is 2.14. The molecule has 0 saturated carbocycles. The summed E-state index contributed by atoms with van der Waals surface area (Å²) in [6.07, 6.45) is 0.579. The van der Waals surface area contributed by atoms with E-state index in [9.17, 15) is 14.3 Å². The first-order valence-corrected chi connectivity index (χ1v) is 6.41. The maximum Gasteiger partial charge on any atom is 0.338 e. The lowest BCUT2D eigenvalue weighted by Crippen LogP contribution is -2.35. The van der Waals surface area contributed by atoms with Gasteiger partial charge in [0.2, 0.25) is 0 Å². The first-order valence-electron chi connectivity index (χ1n) is 6.41. The number of aromatic carboxylic acids is 1. The summed E-state index contributed by atoms with van der Waals surface area (Å²) in [6.45, 7) is 5.85. The Morgan fingerprint density at radius 1 is 1.50 bits per heavy atom. The Morgan fingerprint density at radius 3 is 2.60 bits per heavy atom. The maximum atomic E-state index is 13.6. The number of carboxylic acids is 1. The van der Waals surface area contributed by atoms with Crippen LogP contribution in [0.4, 0.5) is 15.8 Å². The van der Waals surface area contributed by atoms with Crippen LogP contribution in [0.3, 0.4) is 0 Å². The van der Waals surface area contributed by atoms with Gasteiger partial charge in [-0.1, -0.05) is 13.8 Å². The van der Waals surface area contributed by atoms with E-state index in [1.807, 2.05) is 13.8 Å². The minimum atomic E-state index is -1.37. The first kappa shape index (κ1) is 16.2. The fourth-order valence-corrected chi connectivity index (χ4v) is 2.14. The number of carbonyl (C=O) groups is 1. The summed E-state index contributed by atoms with van der Waals surface area (Å²) in [7, 11) is 0. The van der Waals surface area contributed by atoms with Crippen molar-refractivity contribution in [3.05, 3.63) is 23.5 Å². The number of nitrogens with one attached hydrogen (secondary N) is 1. The molecule has 0 spiro atoms. The Balaban J connectivity index is 2.84. The van der Waals surface area contributed by atoms with Crippen LogP contribution in [0.25, 0.3) is 0 Å². The van der Waals surface area contributed by atoms with E-state index in [4.69, 9.17) is 10.8 Å². The summed E-state index contributed by atoms with van der Waals surface area (Å²) in [4.78, 5) is 10.8. The Bertz CT molecular complexity index is 501. The van der Waals surface area contributed by atoms with Gasteiger partial charge in [-0.15, -0.1) is 0 Å². The number of benzene rings is 1. The third-order valence-corrected chi connectivity index (χ3v) is 2.88. The Kier molecular flexibility index (Phi) is 4.94. The highest BCUT2D eigenvalue weighted by molar-refractivity contribution is 5.90. The van der Waals surface area contributed by atoms with E-state index in [1.54, 1.807) is 6.92 Å². The number of aliphatic hydroxyl groups is 1. The Labute approximate surface area is 117 Å². The average Bonchev–Trinajstić information content (AvgIpc) is 2.27. The number of rotatable bonds is 6. The molecular weight excluding hydrogens is 263 g/mol. The number of hydrogen-bond acceptors (Lipinski definition) is 4. The van der Waals surface area contributed by atoms with Crippen molar-refractivity contribution in [2.45, 2.75) is 32.8 Å². The molecule has 112 valence electrons. The van der Waals surface area contributed by atoms with Gasteiger partial charge in [0.25, 0.3) is 0 Å². The highest BCUT2D eigenvalue weighted by Gasteiger charge is 2.22. The van der Waals surface area contributed by atoms with Crippen LogP contribution in [0, 0.1) is 11.7 Å². The van der Waals surface area contributed by atoms with Gasteiger partial charge in [-0.05, 0) is 31.4 Å². The second-order valence-corrected chi connectivity index (χ2v) is 5.67. The normalized spacial score (nSPS) is 14.1. The van der Waals surface area contributed by atoms with Crippen molar-refractivity contribution in [1.29, 1.82) is 0 Å². The molecule has 0 saturated heterocycles. The molecule has 20 heavy (non-hydrogen) atoms. The average molecular weight is 284 g/mol. The van der Waals surface area contributed by atoms with Crippen molar-refractivity contribution < 1.29 is 19.4 Å². The zero-order valence-electron chi connectivity index (χ0n) is 11.9. The van der Waals surface area contributed by atoms with E-state index in [2.05, 4.69) is 5.32 Å². The third kappa shape index (κ3) is 4.38. The molecule has 1 atom stereocenters. The van der Waals surface area contributed by atoms with Gasteiger partial charge >= 0.3 is 5.97 Å². The molecule has 0 aromatic heterocycles. The van der Waals surface area contributed by atoms with Crippen LogP contribution < -0.4 is 11.1 Å². The van der Waals surface area contributed by atoms with Crippen LogP contribution in [0.1, 0.15) is 37.6 Å². The number of halogens is 1. The predicted molar refractivity (Wildman–Crippen MR) is 76.3 cm³/mol. The summed E-state index contributed by atoms with van der Waals surface area (Å²) in [6, 6.07) is 2.10. The van der Waals surface area contributed by atoms with Crippen LogP contribution in [0.5, 0.6) is 0 Å². The Hall–Kier alpha value is -1.82. The van der Waals surface area contributed by atoms with Gasteiger partial charge in [-0.25, -0.2) is 9.18 Å². The molecule has 5 nitrogen and oxygen atoms in total. The topological polar surface area (TPSA) is 95.6 Å². The molecule has 0 aliphatic heterocycles. The van der Waals surface area contributed by atoms with Crippen LogP contribution >= 0.6 is 0 Å². The SMILES string of the molecule is CC(C)CC(C)(O)CNc1cc(F)c(C(=O)O)cc1N. The maximum absolute atomic E-state index is 13.6. The number of nitrogens with two attached hydrogens (primary N) is 1. The first-order chi connectivity index (χ1) is 9.12. The number of carboxylic acid groups (broad SMARTS) is 1. The van der Waals surface area contributed by atoms with Crippen LogP contribution in [0.2, 0.25) is 0 Å². The summed E-state index contributed by atoms with van der Waals surface area (Å²) < 4.78 is 13.6. The molecule has 1 aromatic rings. The lowest BCUT2D eigenvalue weighted by atomic mass is 9.94. The van der Waals surface area contributed by atoms with Gasteiger partial charge in [0.15, 0.2) is 0 Å². The quantitative estimate of drug-likeness (QED) is 0.601. The molecule has 1 rings (SSSR count). The second kappa shape index (κ2) is 6.09. The monoisotopic (exact) mass is 284 g/mol. The van der Waals surface area contributed by atoms with Gasteiger partial charge in [0, 0.05) is 6.54 Å². The van der Waals surface area contributed by atoms with Crippen molar-refractivity contribution in [2.75, 3.05) is 17.6 Å². The highest BCUT2D eigenvalue weighted by Crippen LogP contribution is 2.25. The number of hydrogen-bond donors (Lipinski definition) is 4. The minimum Gasteiger partial charge on any atom is -0.478 e.